The minimum Gasteiger partial charge on any atom is -0.384 e. The van der Waals surface area contributed by atoms with Crippen LogP contribution in [0.15, 0.2) is 12.2 Å². The molecule has 0 spiro atoms. The quantitative estimate of drug-likeness (QED) is 0.573. The fourth-order valence-corrected chi connectivity index (χ4v) is 2.63. The van der Waals surface area contributed by atoms with Crippen LogP contribution in [-0.4, -0.2) is 13.7 Å². The molecular formula is C11H18O. The number of fused-ring (bicyclic) bond motifs is 1. The van der Waals surface area contributed by atoms with Crippen molar-refractivity contribution in [1.29, 1.82) is 0 Å². The zero-order valence-corrected chi connectivity index (χ0v) is 7.83. The van der Waals surface area contributed by atoms with Crippen molar-refractivity contribution in [3.63, 3.8) is 0 Å². The molecular weight excluding hydrogens is 148 g/mol. The van der Waals surface area contributed by atoms with Crippen LogP contribution in [0.2, 0.25) is 0 Å². The third-order valence-corrected chi connectivity index (χ3v) is 3.37. The second-order valence-corrected chi connectivity index (χ2v) is 4.07. The predicted molar refractivity (Wildman–Crippen MR) is 50.0 cm³/mol. The fourth-order valence-electron chi connectivity index (χ4n) is 2.63. The number of ether oxygens (including phenoxy) is 1. The van der Waals surface area contributed by atoms with Gasteiger partial charge in [-0.1, -0.05) is 12.2 Å². The molecule has 2 aliphatic rings. The molecule has 0 bridgehead atoms. The number of methoxy groups -OCH3 is 1. The molecule has 1 fully saturated rings. The van der Waals surface area contributed by atoms with Crippen molar-refractivity contribution >= 4 is 0 Å². The maximum Gasteiger partial charge on any atom is 0.0496 e. The lowest BCUT2D eigenvalue weighted by Gasteiger charge is -1.99. The summed E-state index contributed by atoms with van der Waals surface area (Å²) in [5.41, 5.74) is 0. The van der Waals surface area contributed by atoms with Gasteiger partial charge >= 0.3 is 0 Å². The minimum atomic E-state index is 0.898. The molecule has 2 unspecified atom stereocenters. The first kappa shape index (κ1) is 8.31. The lowest BCUT2D eigenvalue weighted by atomic mass is 10.1. The van der Waals surface area contributed by atoms with Crippen molar-refractivity contribution in [2.24, 2.45) is 17.8 Å². The number of hydrogen-bond donors (Lipinski definition) is 0. The van der Waals surface area contributed by atoms with Gasteiger partial charge in [-0.25, -0.2) is 0 Å². The van der Waals surface area contributed by atoms with E-state index in [1.165, 1.54) is 25.7 Å². The Hall–Kier alpha value is -0.300. The van der Waals surface area contributed by atoms with Crippen molar-refractivity contribution in [1.82, 2.24) is 0 Å². The highest BCUT2D eigenvalue weighted by Gasteiger charge is 2.48. The van der Waals surface area contributed by atoms with E-state index < -0.39 is 0 Å². The highest BCUT2D eigenvalue weighted by atomic mass is 16.5. The first-order chi connectivity index (χ1) is 5.93. The molecule has 2 atom stereocenters. The summed E-state index contributed by atoms with van der Waals surface area (Å²) in [7, 11) is 1.82. The van der Waals surface area contributed by atoms with Crippen LogP contribution in [-0.2, 0) is 4.74 Å². The van der Waals surface area contributed by atoms with Gasteiger partial charge in [0, 0.05) is 13.7 Å². The minimum absolute atomic E-state index is 0.898. The summed E-state index contributed by atoms with van der Waals surface area (Å²) in [4.78, 5) is 0. The molecule has 1 heteroatoms. The van der Waals surface area contributed by atoms with E-state index in [-0.39, 0.29) is 0 Å². The molecule has 0 N–H and O–H groups in total. The third-order valence-electron chi connectivity index (χ3n) is 3.37. The fraction of sp³-hybridized carbons (Fsp3) is 0.818. The summed E-state index contributed by atoms with van der Waals surface area (Å²) >= 11 is 0. The topological polar surface area (TPSA) is 9.23 Å². The maximum absolute atomic E-state index is 5.22. The first-order valence-electron chi connectivity index (χ1n) is 5.07. The summed E-state index contributed by atoms with van der Waals surface area (Å²) in [6, 6.07) is 0. The molecule has 68 valence electrons. The van der Waals surface area contributed by atoms with Crippen molar-refractivity contribution in [2.45, 2.75) is 25.7 Å². The Morgan fingerprint density at radius 2 is 1.75 bits per heavy atom. The van der Waals surface area contributed by atoms with Gasteiger partial charge in [-0.3, -0.25) is 0 Å². The third kappa shape index (κ3) is 1.56. The van der Waals surface area contributed by atoms with E-state index in [0.29, 0.717) is 0 Å². The lowest BCUT2D eigenvalue weighted by Crippen LogP contribution is -1.93. The molecule has 0 aromatic carbocycles. The zero-order chi connectivity index (χ0) is 8.39. The molecule has 2 aliphatic carbocycles. The largest absolute Gasteiger partial charge is 0.384 e. The average molecular weight is 166 g/mol. The molecule has 12 heavy (non-hydrogen) atoms. The van der Waals surface area contributed by atoms with Gasteiger partial charge in [-0.2, -0.15) is 0 Å². The van der Waals surface area contributed by atoms with E-state index in [1.807, 2.05) is 7.11 Å². The summed E-state index contributed by atoms with van der Waals surface area (Å²) in [6.45, 7) is 0.995. The van der Waals surface area contributed by atoms with Gasteiger partial charge in [0.15, 0.2) is 0 Å². The van der Waals surface area contributed by atoms with Gasteiger partial charge in [0.2, 0.25) is 0 Å². The average Bonchev–Trinajstić information content (AvgIpc) is 2.61. The summed E-state index contributed by atoms with van der Waals surface area (Å²) in [6.07, 6.45) is 10.1. The van der Waals surface area contributed by atoms with Gasteiger partial charge in [-0.05, 0) is 43.4 Å². The Morgan fingerprint density at radius 3 is 2.25 bits per heavy atom. The Labute approximate surface area is 74.8 Å². The van der Waals surface area contributed by atoms with Crippen molar-refractivity contribution in [2.75, 3.05) is 13.7 Å². The maximum atomic E-state index is 5.22. The number of hydrogen-bond acceptors (Lipinski definition) is 1. The van der Waals surface area contributed by atoms with Gasteiger partial charge in [0.05, 0.1) is 0 Å². The van der Waals surface area contributed by atoms with E-state index in [1.54, 1.807) is 0 Å². The van der Waals surface area contributed by atoms with Crippen LogP contribution in [0.4, 0.5) is 0 Å². The molecule has 2 rings (SSSR count). The monoisotopic (exact) mass is 166 g/mol. The van der Waals surface area contributed by atoms with Crippen LogP contribution < -0.4 is 0 Å². The second-order valence-electron chi connectivity index (χ2n) is 4.07. The van der Waals surface area contributed by atoms with Gasteiger partial charge < -0.3 is 4.74 Å². The van der Waals surface area contributed by atoms with Crippen LogP contribution in [0.25, 0.3) is 0 Å². The molecule has 0 heterocycles. The van der Waals surface area contributed by atoms with Crippen molar-refractivity contribution in [3.8, 4) is 0 Å². The SMILES string of the molecule is COCC1C2CCC=CCCC21. The van der Waals surface area contributed by atoms with Gasteiger partial charge in [0.1, 0.15) is 0 Å². The van der Waals surface area contributed by atoms with Crippen LogP contribution >= 0.6 is 0 Å². The highest BCUT2D eigenvalue weighted by molar-refractivity contribution is 5.01. The van der Waals surface area contributed by atoms with E-state index in [4.69, 9.17) is 4.74 Å². The summed E-state index contributed by atoms with van der Waals surface area (Å²) in [5.74, 6) is 2.89. The summed E-state index contributed by atoms with van der Waals surface area (Å²) < 4.78 is 5.22. The van der Waals surface area contributed by atoms with E-state index in [2.05, 4.69) is 12.2 Å². The molecule has 0 aromatic heterocycles. The zero-order valence-electron chi connectivity index (χ0n) is 7.83. The Kier molecular flexibility index (Phi) is 2.50. The highest BCUT2D eigenvalue weighted by Crippen LogP contribution is 2.52. The van der Waals surface area contributed by atoms with E-state index in [0.717, 1.165) is 24.4 Å². The van der Waals surface area contributed by atoms with Crippen LogP contribution in [0, 0.1) is 17.8 Å². The standard InChI is InChI=1S/C11H18O/c1-12-8-11-9-6-4-2-3-5-7-10(9)11/h2-3,9-11H,4-8H2,1H3. The van der Waals surface area contributed by atoms with Crippen LogP contribution in [0.1, 0.15) is 25.7 Å². The summed E-state index contributed by atoms with van der Waals surface area (Å²) in [5, 5.41) is 0. The Morgan fingerprint density at radius 1 is 1.17 bits per heavy atom. The molecule has 0 aromatic rings. The normalized spacial score (nSPS) is 39.9. The van der Waals surface area contributed by atoms with Crippen molar-refractivity contribution in [3.05, 3.63) is 12.2 Å². The second kappa shape index (κ2) is 3.61. The van der Waals surface area contributed by atoms with Gasteiger partial charge in [0.25, 0.3) is 0 Å². The Bertz CT molecular complexity index is 158. The van der Waals surface area contributed by atoms with Crippen LogP contribution in [0.5, 0.6) is 0 Å². The Balaban J connectivity index is 1.85. The van der Waals surface area contributed by atoms with Crippen molar-refractivity contribution < 1.29 is 4.74 Å². The van der Waals surface area contributed by atoms with Gasteiger partial charge in [-0.15, -0.1) is 0 Å². The predicted octanol–water partition coefficient (Wildman–Crippen LogP) is 2.63. The number of rotatable bonds is 2. The molecule has 1 nitrogen and oxygen atoms in total. The lowest BCUT2D eigenvalue weighted by molar-refractivity contribution is 0.176. The van der Waals surface area contributed by atoms with E-state index >= 15 is 0 Å². The molecule has 0 aliphatic heterocycles. The molecule has 1 saturated carbocycles. The van der Waals surface area contributed by atoms with Crippen LogP contribution in [0.3, 0.4) is 0 Å². The number of allylic oxidation sites excluding steroid dienone is 2. The molecule has 0 radical (unpaired) electrons. The van der Waals surface area contributed by atoms with E-state index in [9.17, 15) is 0 Å². The first-order valence-corrected chi connectivity index (χ1v) is 5.07. The molecule has 0 amide bonds. The smallest absolute Gasteiger partial charge is 0.0496 e. The molecule has 0 saturated heterocycles.